The molecule has 3 rings (SSSR count). The molecule has 0 amide bonds. The van der Waals surface area contributed by atoms with E-state index in [0.717, 1.165) is 16.9 Å². The van der Waals surface area contributed by atoms with Gasteiger partial charge in [-0.2, -0.15) is 0 Å². The van der Waals surface area contributed by atoms with Gasteiger partial charge in [0, 0.05) is 11.8 Å². The summed E-state index contributed by atoms with van der Waals surface area (Å²) in [4.78, 5) is 4.30. The molecule has 2 heterocycles. The molecule has 2 aromatic rings. The summed E-state index contributed by atoms with van der Waals surface area (Å²) in [5.41, 5.74) is 2.21. The van der Waals surface area contributed by atoms with Crippen molar-refractivity contribution in [3.05, 3.63) is 59.8 Å². The normalized spacial score (nSPS) is 17.3. The van der Waals surface area contributed by atoms with E-state index in [1.807, 2.05) is 24.3 Å². The number of anilines is 1. The lowest BCUT2D eigenvalue weighted by atomic mass is 10.0. The number of phenolic OH excluding ortho intramolecular Hbond substituents is 1. The Morgan fingerprint density at radius 3 is 2.76 bits per heavy atom. The van der Waals surface area contributed by atoms with Gasteiger partial charge in [-0.3, -0.25) is 0 Å². The van der Waals surface area contributed by atoms with E-state index in [4.69, 9.17) is 0 Å². The lowest BCUT2D eigenvalue weighted by Crippen LogP contribution is -2.13. The number of nitrogens with zero attached hydrogens (tertiary/aromatic N) is 1. The van der Waals surface area contributed by atoms with Crippen molar-refractivity contribution in [3.8, 4) is 5.75 Å². The lowest BCUT2D eigenvalue weighted by molar-refractivity contribution is 0.475. The zero-order chi connectivity index (χ0) is 11.7. The van der Waals surface area contributed by atoms with Crippen LogP contribution in [-0.4, -0.2) is 10.1 Å². The fraction of sp³-hybridized carbons (Fsp3) is 0.0714. The number of nitrogens with one attached hydrogen (secondary N) is 1. The Morgan fingerprint density at radius 2 is 1.94 bits per heavy atom. The molecule has 3 nitrogen and oxygen atoms in total. The van der Waals surface area contributed by atoms with Crippen molar-refractivity contribution in [3.63, 3.8) is 0 Å². The molecular formula is C14H12N2O. The molecule has 0 fully saturated rings. The van der Waals surface area contributed by atoms with E-state index in [1.165, 1.54) is 0 Å². The van der Waals surface area contributed by atoms with Crippen molar-refractivity contribution >= 4 is 11.9 Å². The molecule has 0 saturated carbocycles. The molecule has 0 radical (unpaired) electrons. The molecule has 3 heteroatoms. The molecular weight excluding hydrogens is 212 g/mol. The Hall–Kier alpha value is -2.29. The first-order valence-corrected chi connectivity index (χ1v) is 5.51. The Labute approximate surface area is 99.5 Å². The summed E-state index contributed by atoms with van der Waals surface area (Å²) in [6, 6.07) is 11.3. The number of hydrogen-bond donors (Lipinski definition) is 2. The van der Waals surface area contributed by atoms with Crippen molar-refractivity contribution in [1.82, 2.24) is 4.98 Å². The van der Waals surface area contributed by atoms with Crippen molar-refractivity contribution in [2.24, 2.45) is 0 Å². The van der Waals surface area contributed by atoms with Gasteiger partial charge < -0.3 is 10.4 Å². The van der Waals surface area contributed by atoms with E-state index in [2.05, 4.69) is 22.5 Å². The van der Waals surface area contributed by atoms with E-state index < -0.39 is 0 Å². The van der Waals surface area contributed by atoms with E-state index in [-0.39, 0.29) is 11.8 Å². The van der Waals surface area contributed by atoms with Gasteiger partial charge in [0.15, 0.2) is 0 Å². The Bertz CT molecular complexity index is 561. The van der Waals surface area contributed by atoms with Crippen LogP contribution >= 0.6 is 0 Å². The van der Waals surface area contributed by atoms with E-state index >= 15 is 0 Å². The highest BCUT2D eigenvalue weighted by atomic mass is 16.3. The third-order valence-corrected chi connectivity index (χ3v) is 2.85. The summed E-state index contributed by atoms with van der Waals surface area (Å²) in [6.45, 7) is 0. The number of fused-ring (bicyclic) bond motifs is 1. The highest BCUT2D eigenvalue weighted by Gasteiger charge is 2.14. The SMILES string of the molecule is Oc1ccc(C2C=Cc3cccnc3N2)cc1. The van der Waals surface area contributed by atoms with Crippen LogP contribution in [-0.2, 0) is 0 Å². The van der Waals surface area contributed by atoms with Crippen molar-refractivity contribution in [2.75, 3.05) is 5.32 Å². The average molecular weight is 224 g/mol. The van der Waals surface area contributed by atoms with Crippen LogP contribution in [0.2, 0.25) is 0 Å². The predicted octanol–water partition coefficient (Wildman–Crippen LogP) is 2.97. The Morgan fingerprint density at radius 1 is 1.12 bits per heavy atom. The summed E-state index contributed by atoms with van der Waals surface area (Å²) in [6.07, 6.45) is 5.94. The first-order valence-electron chi connectivity index (χ1n) is 5.51. The highest BCUT2D eigenvalue weighted by molar-refractivity contribution is 5.68. The molecule has 84 valence electrons. The van der Waals surface area contributed by atoms with Gasteiger partial charge in [0.2, 0.25) is 0 Å². The Kier molecular flexibility index (Phi) is 2.29. The van der Waals surface area contributed by atoms with Gasteiger partial charge >= 0.3 is 0 Å². The molecule has 1 unspecified atom stereocenters. The zero-order valence-electron chi connectivity index (χ0n) is 9.17. The van der Waals surface area contributed by atoms with Crippen LogP contribution < -0.4 is 5.32 Å². The number of phenols is 1. The minimum absolute atomic E-state index is 0.109. The van der Waals surface area contributed by atoms with Crippen LogP contribution in [0.4, 0.5) is 5.82 Å². The predicted molar refractivity (Wildman–Crippen MR) is 67.7 cm³/mol. The number of aromatic hydroxyl groups is 1. The van der Waals surface area contributed by atoms with Gasteiger partial charge in [-0.25, -0.2) is 4.98 Å². The van der Waals surface area contributed by atoms with Gasteiger partial charge in [0.1, 0.15) is 11.6 Å². The van der Waals surface area contributed by atoms with Gasteiger partial charge in [0.05, 0.1) is 6.04 Å². The summed E-state index contributed by atoms with van der Waals surface area (Å²) in [5, 5.41) is 12.6. The van der Waals surface area contributed by atoms with Crippen LogP contribution in [0.1, 0.15) is 17.2 Å². The molecule has 2 N–H and O–H groups in total. The molecule has 17 heavy (non-hydrogen) atoms. The van der Waals surface area contributed by atoms with Gasteiger partial charge in [0.25, 0.3) is 0 Å². The number of rotatable bonds is 1. The fourth-order valence-corrected chi connectivity index (χ4v) is 1.94. The van der Waals surface area contributed by atoms with Crippen molar-refractivity contribution < 1.29 is 5.11 Å². The smallest absolute Gasteiger partial charge is 0.133 e. The van der Waals surface area contributed by atoms with E-state index in [9.17, 15) is 5.11 Å². The van der Waals surface area contributed by atoms with Crippen LogP contribution in [0.3, 0.4) is 0 Å². The molecule has 1 aromatic carbocycles. The third kappa shape index (κ3) is 1.87. The third-order valence-electron chi connectivity index (χ3n) is 2.85. The van der Waals surface area contributed by atoms with Gasteiger partial charge in [-0.15, -0.1) is 0 Å². The second-order valence-corrected chi connectivity index (χ2v) is 4.01. The molecule has 1 aromatic heterocycles. The second-order valence-electron chi connectivity index (χ2n) is 4.01. The lowest BCUT2D eigenvalue weighted by Gasteiger charge is -2.21. The maximum atomic E-state index is 9.26. The Balaban J connectivity index is 1.92. The molecule has 1 aliphatic heterocycles. The van der Waals surface area contributed by atoms with Gasteiger partial charge in [-0.1, -0.05) is 24.3 Å². The van der Waals surface area contributed by atoms with Crippen molar-refractivity contribution in [1.29, 1.82) is 0 Å². The monoisotopic (exact) mass is 224 g/mol. The van der Waals surface area contributed by atoms with Crippen molar-refractivity contribution in [2.45, 2.75) is 6.04 Å². The fourth-order valence-electron chi connectivity index (χ4n) is 1.94. The quantitative estimate of drug-likeness (QED) is 0.782. The minimum atomic E-state index is 0.109. The van der Waals surface area contributed by atoms with Crippen LogP contribution in [0.5, 0.6) is 5.75 Å². The maximum absolute atomic E-state index is 9.26. The largest absolute Gasteiger partial charge is 0.508 e. The number of benzene rings is 1. The van der Waals surface area contributed by atoms with Gasteiger partial charge in [-0.05, 0) is 29.8 Å². The molecule has 1 atom stereocenters. The van der Waals surface area contributed by atoms with Crippen LogP contribution in [0.25, 0.3) is 6.08 Å². The molecule has 0 aliphatic carbocycles. The zero-order valence-corrected chi connectivity index (χ0v) is 9.17. The first kappa shape index (κ1) is 9.90. The maximum Gasteiger partial charge on any atom is 0.133 e. The summed E-state index contributed by atoms with van der Waals surface area (Å²) >= 11 is 0. The summed E-state index contributed by atoms with van der Waals surface area (Å²) < 4.78 is 0. The summed E-state index contributed by atoms with van der Waals surface area (Å²) in [5.74, 6) is 1.18. The number of hydrogen-bond acceptors (Lipinski definition) is 3. The molecule has 1 aliphatic rings. The average Bonchev–Trinajstić information content (AvgIpc) is 2.39. The molecule has 0 saturated heterocycles. The molecule has 0 spiro atoms. The van der Waals surface area contributed by atoms with Crippen LogP contribution in [0, 0.1) is 0 Å². The van der Waals surface area contributed by atoms with E-state index in [1.54, 1.807) is 18.3 Å². The second kappa shape index (κ2) is 3.94. The number of aromatic nitrogens is 1. The van der Waals surface area contributed by atoms with E-state index in [0.29, 0.717) is 0 Å². The van der Waals surface area contributed by atoms with Crippen LogP contribution in [0.15, 0.2) is 48.7 Å². The molecule has 0 bridgehead atoms. The highest BCUT2D eigenvalue weighted by Crippen LogP contribution is 2.28. The first-order chi connectivity index (χ1) is 8.33. The topological polar surface area (TPSA) is 45.2 Å². The standard InChI is InChI=1S/C14H12N2O/c17-12-6-3-10(4-7-12)13-8-5-11-2-1-9-15-14(11)16-13/h1-9,13,17H,(H,15,16). The summed E-state index contributed by atoms with van der Waals surface area (Å²) in [7, 11) is 0. The number of pyridine rings is 1. The minimum Gasteiger partial charge on any atom is -0.508 e.